The molecular formula is C28H55NO10. The van der Waals surface area contributed by atoms with Crippen LogP contribution in [0.5, 0.6) is 0 Å². The number of carbonyl (C=O) groups is 2. The van der Waals surface area contributed by atoms with E-state index in [1.807, 2.05) is 20.8 Å². The maximum absolute atomic E-state index is 11.8. The molecule has 0 aliphatic rings. The number of unbranched alkanes of at least 4 members (excludes halogenated alkanes) is 4. The van der Waals surface area contributed by atoms with Crippen molar-refractivity contribution < 1.29 is 47.5 Å². The molecule has 0 aromatic heterocycles. The molecule has 0 unspecified atom stereocenters. The molecule has 11 heteroatoms. The van der Waals surface area contributed by atoms with Crippen LogP contribution in [0.1, 0.15) is 66.2 Å². The monoisotopic (exact) mass is 565 g/mol. The summed E-state index contributed by atoms with van der Waals surface area (Å²) in [5.74, 6) is -0.150. The van der Waals surface area contributed by atoms with Gasteiger partial charge in [0.2, 0.25) is 0 Å². The zero-order valence-corrected chi connectivity index (χ0v) is 25.2. The summed E-state index contributed by atoms with van der Waals surface area (Å²) in [6.07, 6.45) is 5.70. The lowest BCUT2D eigenvalue weighted by atomic mass is 10.1. The lowest BCUT2D eigenvalue weighted by molar-refractivity contribution is -0.145. The van der Waals surface area contributed by atoms with E-state index in [1.165, 1.54) is 24.2 Å². The van der Waals surface area contributed by atoms with Gasteiger partial charge in [-0.25, -0.2) is 4.79 Å². The third-order valence-corrected chi connectivity index (χ3v) is 5.11. The van der Waals surface area contributed by atoms with Crippen molar-refractivity contribution in [2.75, 3.05) is 99.5 Å². The Hall–Kier alpha value is -1.50. The van der Waals surface area contributed by atoms with Crippen LogP contribution in [0.25, 0.3) is 0 Å². The highest BCUT2D eigenvalue weighted by atomic mass is 16.6. The maximum atomic E-state index is 11.8. The molecule has 0 radical (unpaired) electrons. The van der Waals surface area contributed by atoms with E-state index in [0.717, 1.165) is 12.8 Å². The molecule has 0 N–H and O–H groups in total. The number of likely N-dealkylation sites (N-methyl/N-ethyl adjacent to an activating group) is 1. The molecule has 0 spiro atoms. The van der Waals surface area contributed by atoms with Crippen LogP contribution in [0.2, 0.25) is 0 Å². The summed E-state index contributed by atoms with van der Waals surface area (Å²) in [6, 6.07) is 0. The van der Waals surface area contributed by atoms with Crippen molar-refractivity contribution in [1.29, 1.82) is 0 Å². The van der Waals surface area contributed by atoms with E-state index in [9.17, 15) is 9.59 Å². The van der Waals surface area contributed by atoms with Gasteiger partial charge in [-0.3, -0.25) is 4.79 Å². The quantitative estimate of drug-likeness (QED) is 0.108. The Balaban J connectivity index is 3.23. The molecule has 0 bridgehead atoms. The van der Waals surface area contributed by atoms with E-state index in [2.05, 4.69) is 6.92 Å². The Bertz CT molecular complexity index is 571. The molecule has 0 aliphatic carbocycles. The average Bonchev–Trinajstić information content (AvgIpc) is 2.88. The summed E-state index contributed by atoms with van der Waals surface area (Å²) in [6.45, 7) is 13.9. The second-order valence-corrected chi connectivity index (χ2v) is 9.96. The van der Waals surface area contributed by atoms with Crippen LogP contribution in [0.15, 0.2) is 0 Å². The van der Waals surface area contributed by atoms with Crippen LogP contribution in [0, 0.1) is 0 Å². The highest BCUT2D eigenvalue weighted by molar-refractivity contribution is 5.69. The second kappa shape index (κ2) is 26.7. The third kappa shape index (κ3) is 29.3. The molecule has 0 aliphatic heterocycles. The molecule has 0 saturated heterocycles. The van der Waals surface area contributed by atoms with Crippen molar-refractivity contribution in [2.45, 2.75) is 71.8 Å². The molecule has 39 heavy (non-hydrogen) atoms. The maximum Gasteiger partial charge on any atom is 0.410 e. The number of ether oxygens (including phenoxy) is 8. The predicted molar refractivity (Wildman–Crippen MR) is 148 cm³/mol. The minimum Gasteiger partial charge on any atom is -0.463 e. The van der Waals surface area contributed by atoms with Gasteiger partial charge in [0.1, 0.15) is 12.2 Å². The predicted octanol–water partition coefficient (Wildman–Crippen LogP) is 3.86. The molecular weight excluding hydrogens is 510 g/mol. The first kappa shape index (κ1) is 37.5. The van der Waals surface area contributed by atoms with Crippen molar-refractivity contribution in [1.82, 2.24) is 4.90 Å². The first-order chi connectivity index (χ1) is 18.8. The lowest BCUT2D eigenvalue weighted by Crippen LogP contribution is -2.36. The summed E-state index contributed by atoms with van der Waals surface area (Å²) in [5.41, 5.74) is -0.507. The van der Waals surface area contributed by atoms with Crippen molar-refractivity contribution in [3.8, 4) is 0 Å². The SMILES string of the molecule is CCCCCCCC(=O)OCCOCCOCCOCCOCCOCCOCCN(C)C(=O)OC(C)(C)C. The summed E-state index contributed by atoms with van der Waals surface area (Å²) in [7, 11) is 1.68. The zero-order chi connectivity index (χ0) is 29.0. The van der Waals surface area contributed by atoms with E-state index in [4.69, 9.17) is 37.9 Å². The molecule has 1 amide bonds. The van der Waals surface area contributed by atoms with Crippen LogP contribution in [0.3, 0.4) is 0 Å². The Morgan fingerprint density at radius 1 is 0.590 bits per heavy atom. The highest BCUT2D eigenvalue weighted by Gasteiger charge is 2.19. The molecule has 0 aromatic carbocycles. The molecule has 0 fully saturated rings. The molecule has 0 rings (SSSR count). The first-order valence-corrected chi connectivity index (χ1v) is 14.3. The fourth-order valence-corrected chi connectivity index (χ4v) is 2.99. The van der Waals surface area contributed by atoms with E-state index < -0.39 is 5.60 Å². The molecule has 232 valence electrons. The summed E-state index contributed by atoms with van der Waals surface area (Å²) >= 11 is 0. The first-order valence-electron chi connectivity index (χ1n) is 14.3. The largest absolute Gasteiger partial charge is 0.463 e. The van der Waals surface area contributed by atoms with E-state index in [1.54, 1.807) is 7.05 Å². The Kier molecular flexibility index (Phi) is 25.7. The van der Waals surface area contributed by atoms with Gasteiger partial charge in [0.15, 0.2) is 0 Å². The molecule has 0 heterocycles. The summed E-state index contributed by atoms with van der Waals surface area (Å²) in [5, 5.41) is 0. The fourth-order valence-electron chi connectivity index (χ4n) is 2.99. The Morgan fingerprint density at radius 2 is 1.00 bits per heavy atom. The summed E-state index contributed by atoms with van der Waals surface area (Å²) in [4.78, 5) is 24.9. The zero-order valence-electron chi connectivity index (χ0n) is 25.2. The van der Waals surface area contributed by atoms with Gasteiger partial charge < -0.3 is 42.8 Å². The fraction of sp³-hybridized carbons (Fsp3) is 0.929. The van der Waals surface area contributed by atoms with Crippen molar-refractivity contribution in [3.63, 3.8) is 0 Å². The lowest BCUT2D eigenvalue weighted by Gasteiger charge is -2.24. The van der Waals surface area contributed by atoms with Crippen molar-refractivity contribution >= 4 is 12.1 Å². The second-order valence-electron chi connectivity index (χ2n) is 9.96. The Labute approximate surface area is 236 Å². The van der Waals surface area contributed by atoms with Gasteiger partial charge in [0.25, 0.3) is 0 Å². The Morgan fingerprint density at radius 3 is 1.44 bits per heavy atom. The van der Waals surface area contributed by atoms with Gasteiger partial charge in [-0.05, 0) is 27.2 Å². The van der Waals surface area contributed by atoms with Crippen molar-refractivity contribution in [3.05, 3.63) is 0 Å². The third-order valence-electron chi connectivity index (χ3n) is 5.11. The summed E-state index contributed by atoms with van der Waals surface area (Å²) < 4.78 is 43.1. The van der Waals surface area contributed by atoms with Gasteiger partial charge in [-0.2, -0.15) is 0 Å². The van der Waals surface area contributed by atoms with E-state index in [-0.39, 0.29) is 18.7 Å². The number of amides is 1. The van der Waals surface area contributed by atoms with Crippen LogP contribution in [-0.2, 0) is 42.7 Å². The van der Waals surface area contributed by atoms with Crippen molar-refractivity contribution in [2.24, 2.45) is 0 Å². The van der Waals surface area contributed by atoms with Gasteiger partial charge >= 0.3 is 12.1 Å². The molecule has 11 nitrogen and oxygen atoms in total. The van der Waals surface area contributed by atoms with Crippen LogP contribution in [0.4, 0.5) is 4.79 Å². The number of rotatable bonds is 27. The van der Waals surface area contributed by atoms with Gasteiger partial charge in [-0.15, -0.1) is 0 Å². The minimum absolute atomic E-state index is 0.150. The molecule has 0 atom stereocenters. The number of esters is 1. The number of carbonyl (C=O) groups excluding carboxylic acids is 2. The van der Waals surface area contributed by atoms with Gasteiger partial charge in [0, 0.05) is 20.0 Å². The average molecular weight is 566 g/mol. The normalized spacial score (nSPS) is 11.5. The standard InChI is InChI=1S/C28H55NO10/c1-6-7-8-9-10-11-26(30)38-25-24-37-23-22-36-21-20-35-19-18-34-17-16-33-15-14-32-13-12-29(5)27(31)39-28(2,3)4/h6-25H2,1-5H3. The number of hydrogen-bond donors (Lipinski definition) is 0. The van der Waals surface area contributed by atoms with E-state index in [0.29, 0.717) is 92.2 Å². The van der Waals surface area contributed by atoms with Gasteiger partial charge in [-0.1, -0.05) is 32.6 Å². The van der Waals surface area contributed by atoms with Crippen LogP contribution in [-0.4, -0.2) is 122 Å². The highest BCUT2D eigenvalue weighted by Crippen LogP contribution is 2.09. The van der Waals surface area contributed by atoms with Gasteiger partial charge in [0.05, 0.1) is 79.3 Å². The minimum atomic E-state index is -0.507. The topological polar surface area (TPSA) is 111 Å². The van der Waals surface area contributed by atoms with E-state index >= 15 is 0 Å². The number of hydrogen-bond acceptors (Lipinski definition) is 10. The van der Waals surface area contributed by atoms with Crippen LogP contribution < -0.4 is 0 Å². The van der Waals surface area contributed by atoms with Crippen LogP contribution >= 0.6 is 0 Å². The molecule has 0 saturated carbocycles. The number of nitrogens with zero attached hydrogens (tertiary/aromatic N) is 1. The molecule has 0 aromatic rings. The smallest absolute Gasteiger partial charge is 0.410 e.